The second-order valence-corrected chi connectivity index (χ2v) is 4.66. The van der Waals surface area contributed by atoms with E-state index in [0.29, 0.717) is 12.3 Å². The van der Waals surface area contributed by atoms with Crippen molar-refractivity contribution in [1.29, 1.82) is 5.26 Å². The van der Waals surface area contributed by atoms with Crippen molar-refractivity contribution < 1.29 is 4.39 Å². The third-order valence-corrected chi connectivity index (χ3v) is 3.61. The molecule has 0 spiro atoms. The van der Waals surface area contributed by atoms with Crippen LogP contribution in [0.5, 0.6) is 0 Å². The highest BCUT2D eigenvalue weighted by Gasteiger charge is 2.24. The molecule has 1 N–H and O–H groups in total. The molecule has 1 atom stereocenters. The van der Waals surface area contributed by atoms with Crippen LogP contribution in [0.1, 0.15) is 36.4 Å². The predicted molar refractivity (Wildman–Crippen MR) is 64.2 cm³/mol. The van der Waals surface area contributed by atoms with Crippen molar-refractivity contribution in [3.8, 4) is 6.07 Å². The van der Waals surface area contributed by atoms with Gasteiger partial charge in [0.2, 0.25) is 0 Å². The lowest BCUT2D eigenvalue weighted by Crippen LogP contribution is -2.08. The summed E-state index contributed by atoms with van der Waals surface area (Å²) in [7, 11) is 0. The summed E-state index contributed by atoms with van der Waals surface area (Å²) in [4.78, 5) is 3.30. The van der Waals surface area contributed by atoms with E-state index in [1.54, 1.807) is 0 Å². The smallest absolute Gasteiger partial charge is 0.125 e. The molecule has 2 aromatic rings. The van der Waals surface area contributed by atoms with E-state index < -0.39 is 0 Å². The van der Waals surface area contributed by atoms with E-state index in [2.05, 4.69) is 11.1 Å². The number of halogens is 1. The molecule has 3 rings (SSSR count). The summed E-state index contributed by atoms with van der Waals surface area (Å²) in [5, 5.41) is 9.96. The molecule has 1 aromatic carbocycles. The molecule has 17 heavy (non-hydrogen) atoms. The SMILES string of the molecule is N#CCC1CCCc2[nH]c3cc(F)ccc3c21. The molecule has 1 aliphatic carbocycles. The van der Waals surface area contributed by atoms with Crippen molar-refractivity contribution in [3.63, 3.8) is 0 Å². The van der Waals surface area contributed by atoms with Gasteiger partial charge in [-0.2, -0.15) is 5.26 Å². The summed E-state index contributed by atoms with van der Waals surface area (Å²) >= 11 is 0. The van der Waals surface area contributed by atoms with Crippen LogP contribution in [0.25, 0.3) is 10.9 Å². The molecule has 0 bridgehead atoms. The van der Waals surface area contributed by atoms with Gasteiger partial charge in [-0.15, -0.1) is 0 Å². The minimum atomic E-state index is -0.215. The van der Waals surface area contributed by atoms with E-state index in [9.17, 15) is 4.39 Å². The fourth-order valence-corrected chi connectivity index (χ4v) is 2.89. The van der Waals surface area contributed by atoms with E-state index in [-0.39, 0.29) is 5.82 Å². The van der Waals surface area contributed by atoms with Gasteiger partial charge in [-0.25, -0.2) is 4.39 Å². The van der Waals surface area contributed by atoms with Gasteiger partial charge in [-0.1, -0.05) is 0 Å². The van der Waals surface area contributed by atoms with Crippen molar-refractivity contribution in [1.82, 2.24) is 4.98 Å². The normalized spacial score (nSPS) is 18.9. The van der Waals surface area contributed by atoms with Crippen LogP contribution in [-0.4, -0.2) is 4.98 Å². The van der Waals surface area contributed by atoms with Crippen LogP contribution in [-0.2, 0) is 6.42 Å². The Kier molecular flexibility index (Phi) is 2.36. The van der Waals surface area contributed by atoms with Crippen LogP contribution in [0.2, 0.25) is 0 Å². The molecule has 1 aromatic heterocycles. The molecule has 0 amide bonds. The molecule has 1 heterocycles. The first-order valence-corrected chi connectivity index (χ1v) is 5.96. The van der Waals surface area contributed by atoms with E-state index >= 15 is 0 Å². The van der Waals surface area contributed by atoms with Gasteiger partial charge < -0.3 is 4.98 Å². The summed E-state index contributed by atoms with van der Waals surface area (Å²) in [5.41, 5.74) is 3.30. The summed E-state index contributed by atoms with van der Waals surface area (Å²) < 4.78 is 13.2. The van der Waals surface area contributed by atoms with Gasteiger partial charge in [0.1, 0.15) is 5.82 Å². The zero-order chi connectivity index (χ0) is 11.8. The Bertz CT molecular complexity index is 606. The lowest BCUT2D eigenvalue weighted by Gasteiger charge is -2.20. The minimum absolute atomic E-state index is 0.215. The molecule has 0 radical (unpaired) electrons. The summed E-state index contributed by atoms with van der Waals surface area (Å²) in [6, 6.07) is 7.12. The first-order chi connectivity index (χ1) is 8.29. The van der Waals surface area contributed by atoms with Crippen LogP contribution in [0.4, 0.5) is 4.39 Å². The molecule has 0 fully saturated rings. The molecule has 0 saturated carbocycles. The number of aromatic nitrogens is 1. The quantitative estimate of drug-likeness (QED) is 0.795. The second kappa shape index (κ2) is 3.89. The molecule has 0 aliphatic heterocycles. The monoisotopic (exact) mass is 228 g/mol. The maximum atomic E-state index is 13.2. The summed E-state index contributed by atoms with van der Waals surface area (Å²) in [6.07, 6.45) is 3.73. The number of H-pyrrole nitrogens is 1. The fraction of sp³-hybridized carbons (Fsp3) is 0.357. The van der Waals surface area contributed by atoms with Gasteiger partial charge in [-0.3, -0.25) is 0 Å². The van der Waals surface area contributed by atoms with Gasteiger partial charge in [0.15, 0.2) is 0 Å². The minimum Gasteiger partial charge on any atom is -0.358 e. The molecule has 0 saturated heterocycles. The average molecular weight is 228 g/mol. The number of nitriles is 1. The maximum Gasteiger partial charge on any atom is 0.125 e. The van der Waals surface area contributed by atoms with Crippen molar-refractivity contribution in [2.75, 3.05) is 0 Å². The molecule has 86 valence electrons. The van der Waals surface area contributed by atoms with Crippen LogP contribution in [0, 0.1) is 17.1 Å². The average Bonchev–Trinajstić information content (AvgIpc) is 2.67. The zero-order valence-electron chi connectivity index (χ0n) is 9.46. The highest BCUT2D eigenvalue weighted by atomic mass is 19.1. The van der Waals surface area contributed by atoms with Crippen LogP contribution >= 0.6 is 0 Å². The van der Waals surface area contributed by atoms with E-state index in [1.807, 2.05) is 6.07 Å². The number of hydrogen-bond acceptors (Lipinski definition) is 1. The molecular weight excluding hydrogens is 215 g/mol. The zero-order valence-corrected chi connectivity index (χ0v) is 9.46. The molecule has 1 aliphatic rings. The number of fused-ring (bicyclic) bond motifs is 3. The largest absolute Gasteiger partial charge is 0.358 e. The molecule has 3 heteroatoms. The summed E-state index contributed by atoms with van der Waals surface area (Å²) in [6.45, 7) is 0. The van der Waals surface area contributed by atoms with Gasteiger partial charge in [0, 0.05) is 23.0 Å². The molecular formula is C14H13FN2. The van der Waals surface area contributed by atoms with Crippen molar-refractivity contribution in [3.05, 3.63) is 35.3 Å². The standard InChI is InChI=1S/C14H13FN2/c15-10-4-5-11-13(8-10)17-12-3-1-2-9(6-7-16)14(11)12/h4-5,8-9,17H,1-3,6H2. The van der Waals surface area contributed by atoms with Crippen LogP contribution in [0.15, 0.2) is 18.2 Å². The third-order valence-electron chi connectivity index (χ3n) is 3.61. The second-order valence-electron chi connectivity index (χ2n) is 4.66. The van der Waals surface area contributed by atoms with Crippen LogP contribution in [0.3, 0.4) is 0 Å². The Morgan fingerprint density at radius 2 is 2.35 bits per heavy atom. The Hall–Kier alpha value is -1.82. The van der Waals surface area contributed by atoms with Crippen molar-refractivity contribution in [2.45, 2.75) is 31.6 Å². The first-order valence-electron chi connectivity index (χ1n) is 5.96. The topological polar surface area (TPSA) is 39.6 Å². The van der Waals surface area contributed by atoms with Gasteiger partial charge in [-0.05, 0) is 48.9 Å². The number of benzene rings is 1. The van der Waals surface area contributed by atoms with Gasteiger partial charge >= 0.3 is 0 Å². The highest BCUT2D eigenvalue weighted by molar-refractivity contribution is 5.85. The maximum absolute atomic E-state index is 13.2. The number of hydrogen-bond donors (Lipinski definition) is 1. The van der Waals surface area contributed by atoms with Gasteiger partial charge in [0.05, 0.1) is 6.07 Å². The Morgan fingerprint density at radius 3 is 3.18 bits per heavy atom. The van der Waals surface area contributed by atoms with Gasteiger partial charge in [0.25, 0.3) is 0 Å². The third kappa shape index (κ3) is 1.61. The van der Waals surface area contributed by atoms with Crippen molar-refractivity contribution in [2.24, 2.45) is 0 Å². The Morgan fingerprint density at radius 1 is 1.47 bits per heavy atom. The Balaban J connectivity index is 2.21. The predicted octanol–water partition coefficient (Wildman–Crippen LogP) is 3.64. The number of rotatable bonds is 1. The lowest BCUT2D eigenvalue weighted by atomic mass is 9.83. The van der Waals surface area contributed by atoms with Crippen molar-refractivity contribution >= 4 is 10.9 Å². The van der Waals surface area contributed by atoms with Crippen LogP contribution < -0.4 is 0 Å². The van der Waals surface area contributed by atoms with E-state index in [1.165, 1.54) is 23.4 Å². The number of nitrogens with zero attached hydrogens (tertiary/aromatic N) is 1. The summed E-state index contributed by atoms with van der Waals surface area (Å²) in [5.74, 6) is 0.0934. The number of aromatic amines is 1. The Labute approximate surface area is 99.1 Å². The molecule has 2 nitrogen and oxygen atoms in total. The fourth-order valence-electron chi connectivity index (χ4n) is 2.89. The number of nitrogens with one attached hydrogen (secondary N) is 1. The highest BCUT2D eigenvalue weighted by Crippen LogP contribution is 2.38. The number of aryl methyl sites for hydroxylation is 1. The molecule has 1 unspecified atom stereocenters. The van der Waals surface area contributed by atoms with E-state index in [0.717, 1.165) is 30.2 Å². The first kappa shape index (κ1) is 10.3. The van der Waals surface area contributed by atoms with E-state index in [4.69, 9.17) is 5.26 Å². The lowest BCUT2D eigenvalue weighted by molar-refractivity contribution is 0.561.